The maximum atomic E-state index is 8.89. The van der Waals surface area contributed by atoms with Crippen LogP contribution in [0.2, 0.25) is 19.6 Å². The second-order valence-corrected chi connectivity index (χ2v) is 27.3. The van der Waals surface area contributed by atoms with Gasteiger partial charge >= 0.3 is 0 Å². The average Bonchev–Trinajstić information content (AvgIpc) is 3.86. The van der Waals surface area contributed by atoms with Crippen LogP contribution in [0.5, 0.6) is 0 Å². The number of para-hydroxylation sites is 2. The Hall–Kier alpha value is -4.97. The average molecular weight is 1080 g/mol. The van der Waals surface area contributed by atoms with E-state index in [1.54, 1.807) is 0 Å². The van der Waals surface area contributed by atoms with Crippen LogP contribution in [0.1, 0.15) is 106 Å². The van der Waals surface area contributed by atoms with Gasteiger partial charge in [0.2, 0.25) is 0 Å². The van der Waals surface area contributed by atoms with Gasteiger partial charge in [-0.2, -0.15) is 11.3 Å². The second kappa shape index (κ2) is 19.3. The van der Waals surface area contributed by atoms with E-state index in [1.807, 2.05) is 50.4 Å². The van der Waals surface area contributed by atoms with Crippen LogP contribution in [0.15, 0.2) is 134 Å². The van der Waals surface area contributed by atoms with Crippen LogP contribution in [-0.2, 0) is 31.9 Å². The molecule has 0 aliphatic heterocycles. The van der Waals surface area contributed by atoms with E-state index in [4.69, 9.17) is 12.7 Å². The summed E-state index contributed by atoms with van der Waals surface area (Å²) in [4.78, 5) is 9.98. The molecule has 9 aromatic rings. The maximum Gasteiger partial charge on any atom is 0.0798 e. The Bertz CT molecular complexity index is 3210. The molecule has 6 heteroatoms. The van der Waals surface area contributed by atoms with Crippen LogP contribution in [0.3, 0.4) is 0 Å². The first-order chi connectivity index (χ1) is 31.5. The zero-order valence-corrected chi connectivity index (χ0v) is 45.2. The fraction of sp³-hybridized carbons (Fsp3) is 0.300. The Labute approximate surface area is 416 Å². The van der Waals surface area contributed by atoms with Gasteiger partial charge in [-0.3, -0.25) is 4.98 Å². The van der Waals surface area contributed by atoms with Gasteiger partial charge in [0.05, 0.1) is 24.9 Å². The largest absolute Gasteiger partial charge is 0.333 e. The van der Waals surface area contributed by atoms with Crippen LogP contribution >= 0.6 is 11.3 Å². The number of aromatic nitrogens is 3. The topological polar surface area (TPSA) is 30.7 Å². The Balaban J connectivity index is 0.000000215. The van der Waals surface area contributed by atoms with Gasteiger partial charge in [-0.1, -0.05) is 167 Å². The van der Waals surface area contributed by atoms with Crippen molar-refractivity contribution < 1.29 is 22.8 Å². The van der Waals surface area contributed by atoms with Crippen molar-refractivity contribution in [3.05, 3.63) is 168 Å². The number of hydrogen-bond donors (Lipinski definition) is 0. The number of nitrogens with zero attached hydrogens (tertiary/aromatic N) is 3. The molecule has 0 N–H and O–H groups in total. The molecule has 0 atom stereocenters. The minimum Gasteiger partial charge on any atom is -0.333 e. The molecule has 6 aromatic carbocycles. The third-order valence-electron chi connectivity index (χ3n) is 12.0. The SMILES string of the molecule is CC(C)c1cc(-c2ccccc2)cc(C(C)C)c1-n1c(-c2[c-]cc3sc4ccccc4c3c2)nc2ccccc21.[2H]C([2H])(c1cc(-c2[c-]ccc(C(C)(C)C)c2)ncc1[Si](C)(C)C)C(C)(C)C.[Ir]. The van der Waals surface area contributed by atoms with Crippen LogP contribution in [0.25, 0.3) is 70.7 Å². The number of fused-ring (bicyclic) bond motifs is 4. The molecule has 66 heavy (non-hydrogen) atoms. The molecule has 0 amide bonds. The van der Waals surface area contributed by atoms with Gasteiger partial charge in [0, 0.05) is 39.4 Å². The predicted octanol–water partition coefficient (Wildman–Crippen LogP) is 16.8. The standard InChI is InChI=1S/C37H31N2S.C23H34NSi.Ir/c1-23(2)29-21-27(25-12-6-5-7-13-25)22-30(24(3)4)36(29)39-33-16-10-9-15-32(33)38-37(39)26-18-19-35-31(20-26)28-14-8-11-17-34(28)40-35;1-22(2,3)15-18-14-20(24-16-21(18)25(7,8)9)17-11-10-12-19(13-17)23(4,5)6;/h5-17,19-24H,1-4H3;10,12-14,16H,15H2,1-9H3;/q2*-1;/i;15D2;. The molecule has 1 radical (unpaired) electrons. The van der Waals surface area contributed by atoms with E-state index in [9.17, 15) is 0 Å². The normalized spacial score (nSPS) is 12.9. The number of hydrogen-bond acceptors (Lipinski definition) is 3. The van der Waals surface area contributed by atoms with E-state index in [2.05, 4.69) is 200 Å². The molecule has 0 bridgehead atoms. The second-order valence-electron chi connectivity index (χ2n) is 21.1. The molecule has 3 aromatic heterocycles. The van der Waals surface area contributed by atoms with Crippen LogP contribution in [-0.4, -0.2) is 22.6 Å². The molecule has 0 saturated carbocycles. The molecular weight excluding hydrogens is 1020 g/mol. The Morgan fingerprint density at radius 3 is 2.00 bits per heavy atom. The summed E-state index contributed by atoms with van der Waals surface area (Å²) in [6, 6.07) is 52.2. The van der Waals surface area contributed by atoms with Crippen molar-refractivity contribution in [2.75, 3.05) is 0 Å². The summed E-state index contributed by atoms with van der Waals surface area (Å²) in [6.07, 6.45) is 0.472. The molecule has 3 heterocycles. The zero-order valence-electron chi connectivity index (χ0n) is 42.9. The van der Waals surface area contributed by atoms with Crippen LogP contribution < -0.4 is 5.19 Å². The van der Waals surface area contributed by atoms with Crippen molar-refractivity contribution >= 4 is 55.8 Å². The summed E-state index contributed by atoms with van der Waals surface area (Å²) >= 11 is 1.82. The fourth-order valence-corrected chi connectivity index (χ4v) is 11.1. The van der Waals surface area contributed by atoms with Gasteiger partial charge < -0.3 is 9.55 Å². The monoisotopic (exact) mass is 1080 g/mol. The summed E-state index contributed by atoms with van der Waals surface area (Å²) in [6.45, 7) is 28.4. The van der Waals surface area contributed by atoms with E-state index >= 15 is 0 Å². The number of pyridine rings is 1. The van der Waals surface area contributed by atoms with Crippen molar-refractivity contribution in [2.45, 2.75) is 113 Å². The van der Waals surface area contributed by atoms with E-state index in [1.165, 1.54) is 53.7 Å². The molecule has 0 aliphatic rings. The smallest absolute Gasteiger partial charge is 0.0798 e. The first kappa shape index (κ1) is 46.1. The molecule has 9 rings (SSSR count). The van der Waals surface area contributed by atoms with Gasteiger partial charge in [-0.15, -0.1) is 59.2 Å². The number of rotatable bonds is 8. The van der Waals surface area contributed by atoms with Crippen molar-refractivity contribution in [2.24, 2.45) is 5.41 Å². The summed E-state index contributed by atoms with van der Waals surface area (Å²) in [5.41, 5.74) is 12.8. The molecular formula is C60H65IrN3SSi-2. The van der Waals surface area contributed by atoms with Gasteiger partial charge in [0.1, 0.15) is 0 Å². The van der Waals surface area contributed by atoms with Crippen LogP contribution in [0.4, 0.5) is 0 Å². The molecule has 341 valence electrons. The van der Waals surface area contributed by atoms with Crippen molar-refractivity contribution in [3.63, 3.8) is 0 Å². The van der Waals surface area contributed by atoms with Crippen molar-refractivity contribution in [3.8, 4) is 39.5 Å². The number of benzene rings is 6. The van der Waals surface area contributed by atoms with Gasteiger partial charge in [0.15, 0.2) is 0 Å². The summed E-state index contributed by atoms with van der Waals surface area (Å²) in [7, 11) is -1.74. The summed E-state index contributed by atoms with van der Waals surface area (Å²) < 4.78 is 22.7. The van der Waals surface area contributed by atoms with E-state index in [0.29, 0.717) is 11.8 Å². The predicted molar refractivity (Wildman–Crippen MR) is 285 cm³/mol. The van der Waals surface area contributed by atoms with Crippen molar-refractivity contribution in [1.29, 1.82) is 0 Å². The van der Waals surface area contributed by atoms with Crippen LogP contribution in [0, 0.1) is 17.5 Å². The fourth-order valence-electron chi connectivity index (χ4n) is 8.64. The third-order valence-corrected chi connectivity index (χ3v) is 15.2. The molecule has 0 saturated heterocycles. The Morgan fingerprint density at radius 1 is 0.697 bits per heavy atom. The summed E-state index contributed by atoms with van der Waals surface area (Å²) in [5.74, 6) is 1.60. The Kier molecular flexibility index (Phi) is 13.5. The molecule has 0 fully saturated rings. The first-order valence-electron chi connectivity index (χ1n) is 24.1. The van der Waals surface area contributed by atoms with Crippen molar-refractivity contribution in [1.82, 2.24) is 14.5 Å². The molecule has 0 spiro atoms. The summed E-state index contributed by atoms with van der Waals surface area (Å²) in [5, 5.41) is 3.65. The van der Waals surface area contributed by atoms with E-state index in [0.717, 1.165) is 44.4 Å². The zero-order chi connectivity index (χ0) is 48.2. The molecule has 0 aliphatic carbocycles. The number of thiophene rings is 1. The van der Waals surface area contributed by atoms with E-state index in [-0.39, 0.29) is 25.5 Å². The molecule has 0 unspecified atom stereocenters. The quantitative estimate of drug-likeness (QED) is 0.112. The van der Waals surface area contributed by atoms with Gasteiger partial charge in [0.25, 0.3) is 0 Å². The van der Waals surface area contributed by atoms with Gasteiger partial charge in [-0.25, -0.2) is 0 Å². The first-order valence-corrected chi connectivity index (χ1v) is 27.4. The van der Waals surface area contributed by atoms with E-state index < -0.39 is 19.9 Å². The maximum absolute atomic E-state index is 8.89. The minimum atomic E-state index is -1.74. The third kappa shape index (κ3) is 10.4. The molecule has 3 nitrogen and oxygen atoms in total. The minimum absolute atomic E-state index is 0. The Morgan fingerprint density at radius 2 is 1.35 bits per heavy atom. The van der Waals surface area contributed by atoms with Gasteiger partial charge in [-0.05, 0) is 103 Å². The number of imidazole rings is 1.